The van der Waals surface area contributed by atoms with Crippen molar-refractivity contribution in [2.24, 2.45) is 5.73 Å². The first-order chi connectivity index (χ1) is 8.98. The van der Waals surface area contributed by atoms with Gasteiger partial charge in [-0.05, 0) is 24.6 Å². The molecule has 0 spiro atoms. The maximum atomic E-state index is 5.74. The molecule has 0 unspecified atom stereocenters. The molecule has 0 aromatic carbocycles. The molecular weight excluding hydrogens is 274 g/mol. The molecule has 1 aliphatic heterocycles. The number of pyridine rings is 1. The van der Waals surface area contributed by atoms with Crippen LogP contribution in [0.3, 0.4) is 0 Å². The predicted octanol–water partition coefficient (Wildman–Crippen LogP) is 2.43. The van der Waals surface area contributed by atoms with Crippen molar-refractivity contribution in [1.82, 2.24) is 9.88 Å². The van der Waals surface area contributed by atoms with Crippen LogP contribution in [0.25, 0.3) is 0 Å². The minimum atomic E-state index is 0.385. The molecule has 104 valence electrons. The van der Waals surface area contributed by atoms with Crippen LogP contribution >= 0.6 is 24.0 Å². The highest BCUT2D eigenvalue weighted by Gasteiger charge is 2.24. The smallest absolute Gasteiger partial charge is 0.123 e. The first-order valence-corrected chi connectivity index (χ1v) is 7.97. The van der Waals surface area contributed by atoms with Gasteiger partial charge in [-0.1, -0.05) is 32.1 Å². The number of hydrogen-bond donors (Lipinski definition) is 1. The molecule has 2 rings (SSSR count). The average Bonchev–Trinajstić information content (AvgIpc) is 2.51. The van der Waals surface area contributed by atoms with Gasteiger partial charge in [0.15, 0.2) is 0 Å². The fraction of sp³-hybridized carbons (Fsp3) is 0.571. The third-order valence-electron chi connectivity index (χ3n) is 3.45. The highest BCUT2D eigenvalue weighted by atomic mass is 32.2. The van der Waals surface area contributed by atoms with E-state index in [2.05, 4.69) is 41.6 Å². The third kappa shape index (κ3) is 4.16. The normalized spacial score (nSPS) is 19.9. The monoisotopic (exact) mass is 295 g/mol. The van der Waals surface area contributed by atoms with Gasteiger partial charge in [-0.15, -0.1) is 0 Å². The molecule has 0 atom stereocenters. The van der Waals surface area contributed by atoms with Crippen LogP contribution in [0.4, 0.5) is 0 Å². The van der Waals surface area contributed by atoms with Crippen LogP contribution in [-0.2, 0) is 6.54 Å². The lowest BCUT2D eigenvalue weighted by molar-refractivity contribution is 0.276. The summed E-state index contributed by atoms with van der Waals surface area (Å²) in [4.78, 5) is 7.16. The largest absolute Gasteiger partial charge is 0.388 e. The molecule has 0 bridgehead atoms. The fourth-order valence-corrected chi connectivity index (χ4v) is 3.57. The minimum Gasteiger partial charge on any atom is -0.388 e. The number of thiocarbonyl (C=S) groups is 1. The van der Waals surface area contributed by atoms with Crippen molar-refractivity contribution in [2.45, 2.75) is 31.6 Å². The van der Waals surface area contributed by atoms with Crippen LogP contribution in [0.15, 0.2) is 18.3 Å². The van der Waals surface area contributed by atoms with E-state index in [0.717, 1.165) is 30.9 Å². The average molecular weight is 295 g/mol. The first kappa shape index (κ1) is 14.8. The minimum absolute atomic E-state index is 0.385. The fourth-order valence-electron chi connectivity index (χ4n) is 2.25. The Morgan fingerprint density at radius 3 is 3.05 bits per heavy atom. The lowest BCUT2D eigenvalue weighted by atomic mass is 10.1. The summed E-state index contributed by atoms with van der Waals surface area (Å²) < 4.78 is 0.385. The Bertz CT molecular complexity index is 460. The van der Waals surface area contributed by atoms with Crippen LogP contribution in [0, 0.1) is 0 Å². The number of hydrogen-bond acceptors (Lipinski definition) is 4. The van der Waals surface area contributed by atoms with Gasteiger partial charge >= 0.3 is 0 Å². The molecule has 1 aromatic rings. The van der Waals surface area contributed by atoms with Crippen molar-refractivity contribution < 1.29 is 0 Å². The van der Waals surface area contributed by atoms with Crippen molar-refractivity contribution in [3.8, 4) is 0 Å². The van der Waals surface area contributed by atoms with Gasteiger partial charge in [0.1, 0.15) is 10.7 Å². The summed E-state index contributed by atoms with van der Waals surface area (Å²) in [6.07, 6.45) is 2.96. The van der Waals surface area contributed by atoms with Crippen LogP contribution in [0.1, 0.15) is 31.5 Å². The molecule has 3 nitrogen and oxygen atoms in total. The Balaban J connectivity index is 2.07. The molecule has 0 aliphatic carbocycles. The standard InChI is InChI=1S/C14H21N3S2/c1-14(2)5-7-17(8-9-19-14)10-11-4-3-6-16-12(11)13(15)18/h3-4,6H,5,7-10H2,1-2H3,(H2,15,18). The second-order valence-corrected chi connectivity index (χ2v) is 7.75. The van der Waals surface area contributed by atoms with Gasteiger partial charge in [0.05, 0.1) is 0 Å². The molecule has 5 heteroatoms. The molecule has 0 amide bonds. The van der Waals surface area contributed by atoms with Crippen molar-refractivity contribution in [3.05, 3.63) is 29.6 Å². The highest BCUT2D eigenvalue weighted by molar-refractivity contribution is 8.00. The zero-order valence-corrected chi connectivity index (χ0v) is 13.2. The van der Waals surface area contributed by atoms with E-state index in [-0.39, 0.29) is 0 Å². The van der Waals surface area contributed by atoms with Gasteiger partial charge in [0.25, 0.3) is 0 Å². The van der Waals surface area contributed by atoms with E-state index in [9.17, 15) is 0 Å². The van der Waals surface area contributed by atoms with Gasteiger partial charge in [0.2, 0.25) is 0 Å². The van der Waals surface area contributed by atoms with Gasteiger partial charge in [-0.2, -0.15) is 11.8 Å². The van der Waals surface area contributed by atoms with E-state index in [1.807, 2.05) is 6.07 Å². The van der Waals surface area contributed by atoms with E-state index in [4.69, 9.17) is 18.0 Å². The molecule has 0 radical (unpaired) electrons. The Kier molecular flexibility index (Phi) is 4.81. The van der Waals surface area contributed by atoms with E-state index in [0.29, 0.717) is 9.74 Å². The summed E-state index contributed by atoms with van der Waals surface area (Å²) in [5.74, 6) is 1.18. The number of thioether (sulfide) groups is 1. The van der Waals surface area contributed by atoms with Crippen molar-refractivity contribution in [2.75, 3.05) is 18.8 Å². The summed E-state index contributed by atoms with van der Waals surface area (Å²) in [6.45, 7) is 7.76. The van der Waals surface area contributed by atoms with Gasteiger partial charge in [-0.25, -0.2) is 0 Å². The van der Waals surface area contributed by atoms with Crippen LogP contribution in [0.5, 0.6) is 0 Å². The van der Waals surface area contributed by atoms with E-state index in [1.165, 1.54) is 12.2 Å². The predicted molar refractivity (Wildman–Crippen MR) is 86.6 cm³/mol. The first-order valence-electron chi connectivity index (χ1n) is 6.58. The maximum Gasteiger partial charge on any atom is 0.123 e. The topological polar surface area (TPSA) is 42.2 Å². The van der Waals surface area contributed by atoms with Crippen LogP contribution < -0.4 is 5.73 Å². The molecule has 2 N–H and O–H groups in total. The van der Waals surface area contributed by atoms with Gasteiger partial charge < -0.3 is 5.73 Å². The third-order valence-corrected chi connectivity index (χ3v) is 5.01. The van der Waals surface area contributed by atoms with Gasteiger partial charge in [-0.3, -0.25) is 9.88 Å². The SMILES string of the molecule is CC1(C)CCN(Cc2cccnc2C(N)=S)CCS1. The van der Waals surface area contributed by atoms with Crippen molar-refractivity contribution >= 4 is 29.0 Å². The molecule has 1 saturated heterocycles. The molecule has 2 heterocycles. The summed E-state index contributed by atoms with van der Waals surface area (Å²) in [7, 11) is 0. The Hall–Kier alpha value is -0.650. The second kappa shape index (κ2) is 6.20. The molecule has 1 fully saturated rings. The van der Waals surface area contributed by atoms with Crippen LogP contribution in [-0.4, -0.2) is 38.5 Å². The Labute approximate surface area is 125 Å². The summed E-state index contributed by atoms with van der Waals surface area (Å²) in [5, 5.41) is 0. The van der Waals surface area contributed by atoms with E-state index >= 15 is 0 Å². The zero-order valence-electron chi connectivity index (χ0n) is 11.6. The lowest BCUT2D eigenvalue weighted by Crippen LogP contribution is -2.28. The molecule has 19 heavy (non-hydrogen) atoms. The number of nitrogens with two attached hydrogens (primary N) is 1. The molecule has 0 saturated carbocycles. The Morgan fingerprint density at radius 1 is 1.53 bits per heavy atom. The van der Waals surface area contributed by atoms with Crippen LogP contribution in [0.2, 0.25) is 0 Å². The van der Waals surface area contributed by atoms with Gasteiger partial charge in [0, 0.05) is 29.8 Å². The van der Waals surface area contributed by atoms with E-state index < -0.39 is 0 Å². The number of rotatable bonds is 3. The lowest BCUT2D eigenvalue weighted by Gasteiger charge is -2.23. The molecule has 1 aromatic heterocycles. The van der Waals surface area contributed by atoms with Crippen molar-refractivity contribution in [3.63, 3.8) is 0 Å². The molecular formula is C14H21N3S2. The molecule has 1 aliphatic rings. The quantitative estimate of drug-likeness (QED) is 0.868. The Morgan fingerprint density at radius 2 is 2.32 bits per heavy atom. The number of nitrogens with zero attached hydrogens (tertiary/aromatic N) is 2. The number of aromatic nitrogens is 1. The zero-order chi connectivity index (χ0) is 13.9. The van der Waals surface area contributed by atoms with E-state index in [1.54, 1.807) is 6.20 Å². The second-order valence-electron chi connectivity index (χ2n) is 5.51. The maximum absolute atomic E-state index is 5.74. The highest BCUT2D eigenvalue weighted by Crippen LogP contribution is 2.31. The summed E-state index contributed by atoms with van der Waals surface area (Å²) in [5.41, 5.74) is 7.65. The summed E-state index contributed by atoms with van der Waals surface area (Å²) >= 11 is 7.13. The summed E-state index contributed by atoms with van der Waals surface area (Å²) in [6, 6.07) is 4.03. The van der Waals surface area contributed by atoms with Crippen molar-refractivity contribution in [1.29, 1.82) is 0 Å².